The molecule has 0 bridgehead atoms. The Bertz CT molecular complexity index is 1220. The first-order chi connectivity index (χ1) is 15.2. The topological polar surface area (TPSA) is 110 Å². The number of benzene rings is 1. The second-order valence-corrected chi connectivity index (χ2v) is 9.03. The van der Waals surface area contributed by atoms with Crippen molar-refractivity contribution in [3.05, 3.63) is 54.2 Å². The zero-order valence-electron chi connectivity index (χ0n) is 18.8. The summed E-state index contributed by atoms with van der Waals surface area (Å²) in [5.41, 5.74) is 4.59. The predicted octanol–water partition coefficient (Wildman–Crippen LogP) is 4.45. The summed E-state index contributed by atoms with van der Waals surface area (Å²) < 4.78 is 7.30. The van der Waals surface area contributed by atoms with Crippen molar-refractivity contribution in [3.63, 3.8) is 0 Å². The summed E-state index contributed by atoms with van der Waals surface area (Å²) in [4.78, 5) is 15.8. The monoisotopic (exact) mass is 435 g/mol. The molecule has 2 heterocycles. The van der Waals surface area contributed by atoms with E-state index in [4.69, 9.17) is 15.5 Å². The van der Waals surface area contributed by atoms with Crippen molar-refractivity contribution in [3.8, 4) is 11.4 Å². The van der Waals surface area contributed by atoms with Crippen molar-refractivity contribution in [2.24, 2.45) is 11.3 Å². The fourth-order valence-electron chi connectivity index (χ4n) is 4.33. The molecule has 1 aromatic carbocycles. The van der Waals surface area contributed by atoms with E-state index in [0.29, 0.717) is 23.8 Å². The lowest BCUT2D eigenvalue weighted by Crippen LogP contribution is -2.35. The van der Waals surface area contributed by atoms with Gasteiger partial charge >= 0.3 is 5.97 Å². The third kappa shape index (κ3) is 4.05. The highest BCUT2D eigenvalue weighted by molar-refractivity contribution is 5.94. The smallest absolute Gasteiger partial charge is 0.323 e. The predicted molar refractivity (Wildman–Crippen MR) is 123 cm³/mol. The Balaban J connectivity index is 1.70. The number of fused-ring (bicyclic) bond motifs is 1. The Morgan fingerprint density at radius 3 is 2.88 bits per heavy atom. The van der Waals surface area contributed by atoms with E-state index < -0.39 is 5.97 Å². The van der Waals surface area contributed by atoms with E-state index in [9.17, 15) is 4.79 Å². The highest BCUT2D eigenvalue weighted by atomic mass is 16.5. The van der Waals surface area contributed by atoms with Crippen LogP contribution in [0.25, 0.3) is 27.9 Å². The van der Waals surface area contributed by atoms with E-state index in [0.717, 1.165) is 47.0 Å². The van der Waals surface area contributed by atoms with E-state index in [-0.39, 0.29) is 12.0 Å². The summed E-state index contributed by atoms with van der Waals surface area (Å²) in [6.45, 7) is 11.4. The Labute approximate surface area is 187 Å². The number of nitrogens with two attached hydrogens (primary N) is 1. The van der Waals surface area contributed by atoms with Gasteiger partial charge in [0, 0.05) is 40.5 Å². The SMILES string of the molecule is C=C(C1=C(N(N)CC)CC(C)(C)CC1)c1nc(-c2cccc3c2ccn3CC(=O)O)no1. The molecule has 3 N–H and O–H groups in total. The van der Waals surface area contributed by atoms with Crippen LogP contribution in [0.3, 0.4) is 0 Å². The molecule has 32 heavy (non-hydrogen) atoms. The van der Waals surface area contributed by atoms with Gasteiger partial charge in [-0.25, -0.2) is 5.84 Å². The number of carboxylic acids is 1. The molecule has 8 heteroatoms. The third-order valence-corrected chi connectivity index (χ3v) is 6.14. The van der Waals surface area contributed by atoms with Crippen molar-refractivity contribution in [2.75, 3.05) is 6.54 Å². The van der Waals surface area contributed by atoms with Crippen LogP contribution < -0.4 is 5.84 Å². The molecule has 0 unspecified atom stereocenters. The summed E-state index contributed by atoms with van der Waals surface area (Å²) in [5.74, 6) is 6.21. The van der Waals surface area contributed by atoms with Crippen molar-refractivity contribution < 1.29 is 14.4 Å². The minimum absolute atomic E-state index is 0.110. The van der Waals surface area contributed by atoms with Crippen molar-refractivity contribution in [1.29, 1.82) is 0 Å². The van der Waals surface area contributed by atoms with Crippen LogP contribution in [-0.2, 0) is 11.3 Å². The highest BCUT2D eigenvalue weighted by Crippen LogP contribution is 2.43. The van der Waals surface area contributed by atoms with E-state index >= 15 is 0 Å². The summed E-state index contributed by atoms with van der Waals surface area (Å²) >= 11 is 0. The molecule has 0 radical (unpaired) electrons. The van der Waals surface area contributed by atoms with Gasteiger partial charge in [-0.2, -0.15) is 4.98 Å². The molecular formula is C24H29N5O3. The van der Waals surface area contributed by atoms with Gasteiger partial charge in [0.25, 0.3) is 5.89 Å². The van der Waals surface area contributed by atoms with Gasteiger partial charge in [-0.15, -0.1) is 0 Å². The average Bonchev–Trinajstić information content (AvgIpc) is 3.39. The lowest BCUT2D eigenvalue weighted by molar-refractivity contribution is -0.137. The number of aromatic nitrogens is 3. The van der Waals surface area contributed by atoms with Crippen LogP contribution in [0.5, 0.6) is 0 Å². The normalized spacial score (nSPS) is 15.9. The van der Waals surface area contributed by atoms with Gasteiger partial charge in [0.15, 0.2) is 0 Å². The van der Waals surface area contributed by atoms with Crippen molar-refractivity contribution in [2.45, 2.75) is 46.6 Å². The summed E-state index contributed by atoms with van der Waals surface area (Å²) in [6, 6.07) is 7.51. The Morgan fingerprint density at radius 1 is 1.38 bits per heavy atom. The number of nitrogens with zero attached hydrogens (tertiary/aromatic N) is 4. The number of hydrazine groups is 1. The molecule has 1 aliphatic carbocycles. The van der Waals surface area contributed by atoms with Crippen LogP contribution in [0.1, 0.15) is 45.9 Å². The van der Waals surface area contributed by atoms with Gasteiger partial charge in [-0.05, 0) is 49.3 Å². The first-order valence-corrected chi connectivity index (χ1v) is 10.8. The maximum atomic E-state index is 11.1. The molecule has 0 atom stereocenters. The lowest BCUT2D eigenvalue weighted by atomic mass is 9.75. The Kier molecular flexibility index (Phi) is 5.64. The van der Waals surface area contributed by atoms with Gasteiger partial charge in [0.2, 0.25) is 5.82 Å². The van der Waals surface area contributed by atoms with E-state index in [2.05, 4.69) is 30.6 Å². The molecule has 0 spiro atoms. The largest absolute Gasteiger partial charge is 0.480 e. The van der Waals surface area contributed by atoms with Gasteiger partial charge in [0.05, 0.1) is 0 Å². The number of carboxylic acid groups (broad SMARTS) is 1. The average molecular weight is 436 g/mol. The second-order valence-electron chi connectivity index (χ2n) is 9.03. The summed E-state index contributed by atoms with van der Waals surface area (Å²) in [5, 5.41) is 16.0. The fourth-order valence-corrected chi connectivity index (χ4v) is 4.33. The van der Waals surface area contributed by atoms with E-state index in [1.54, 1.807) is 15.8 Å². The number of rotatable bonds is 7. The quantitative estimate of drug-likeness (QED) is 0.417. The zero-order chi connectivity index (χ0) is 23.0. The molecule has 8 nitrogen and oxygen atoms in total. The van der Waals surface area contributed by atoms with E-state index in [1.807, 2.05) is 31.2 Å². The maximum absolute atomic E-state index is 11.1. The van der Waals surface area contributed by atoms with Gasteiger partial charge in [-0.1, -0.05) is 37.7 Å². The van der Waals surface area contributed by atoms with E-state index in [1.165, 1.54) is 0 Å². The molecular weight excluding hydrogens is 406 g/mol. The number of carbonyl (C=O) groups is 1. The minimum Gasteiger partial charge on any atom is -0.480 e. The van der Waals surface area contributed by atoms with Crippen LogP contribution in [0.4, 0.5) is 0 Å². The molecule has 168 valence electrons. The Hall–Kier alpha value is -3.39. The maximum Gasteiger partial charge on any atom is 0.323 e. The van der Waals surface area contributed by atoms with Crippen molar-refractivity contribution in [1.82, 2.24) is 19.7 Å². The number of aliphatic carboxylic acids is 1. The molecule has 3 aromatic rings. The zero-order valence-corrected chi connectivity index (χ0v) is 18.8. The second kappa shape index (κ2) is 8.27. The Morgan fingerprint density at radius 2 is 2.16 bits per heavy atom. The molecule has 4 rings (SSSR count). The number of hydrogen-bond acceptors (Lipinski definition) is 6. The molecule has 0 saturated heterocycles. The third-order valence-electron chi connectivity index (χ3n) is 6.14. The van der Waals surface area contributed by atoms with Crippen LogP contribution in [0, 0.1) is 5.41 Å². The first-order valence-electron chi connectivity index (χ1n) is 10.8. The van der Waals surface area contributed by atoms with Crippen LogP contribution in [0.2, 0.25) is 0 Å². The lowest BCUT2D eigenvalue weighted by Gasteiger charge is -2.37. The van der Waals surface area contributed by atoms with Gasteiger partial charge < -0.3 is 19.2 Å². The van der Waals surface area contributed by atoms with Crippen LogP contribution in [-0.4, -0.2) is 37.3 Å². The number of allylic oxidation sites excluding steroid dienone is 3. The minimum atomic E-state index is -0.896. The number of hydrogen-bond donors (Lipinski definition) is 2. The standard InChI is InChI=1S/C24H29N5O3/c1-5-29(25)20-13-24(3,4)11-9-16(20)15(2)23-26-22(27-32-23)18-7-6-8-19-17(18)10-12-28(19)14-21(30)31/h6-8,10,12H,2,5,9,11,13-14,25H2,1,3-4H3,(H,30,31). The molecule has 0 fully saturated rings. The van der Waals surface area contributed by atoms with Crippen LogP contribution >= 0.6 is 0 Å². The summed E-state index contributed by atoms with van der Waals surface area (Å²) in [7, 11) is 0. The molecule has 0 aliphatic heterocycles. The van der Waals surface area contributed by atoms with Gasteiger partial charge in [0.1, 0.15) is 6.54 Å². The first kappa shape index (κ1) is 21.8. The molecule has 2 aromatic heterocycles. The molecule has 1 aliphatic rings. The van der Waals surface area contributed by atoms with Gasteiger partial charge in [-0.3, -0.25) is 4.79 Å². The van der Waals surface area contributed by atoms with Crippen molar-refractivity contribution >= 4 is 22.4 Å². The summed E-state index contributed by atoms with van der Waals surface area (Å²) in [6.07, 6.45) is 4.49. The highest BCUT2D eigenvalue weighted by Gasteiger charge is 2.31. The van der Waals surface area contributed by atoms with Crippen LogP contribution in [0.15, 0.2) is 52.8 Å². The molecule has 0 saturated carbocycles. The molecule has 0 amide bonds. The fraction of sp³-hybridized carbons (Fsp3) is 0.375.